The molecule has 1 amide bonds. The van der Waals surface area contributed by atoms with Gasteiger partial charge in [-0.2, -0.15) is 0 Å². The summed E-state index contributed by atoms with van der Waals surface area (Å²) in [7, 11) is 1.56. The van der Waals surface area contributed by atoms with Crippen LogP contribution < -0.4 is 10.1 Å². The molecule has 1 aromatic carbocycles. The Kier molecular flexibility index (Phi) is 7.51. The quantitative estimate of drug-likeness (QED) is 0.847. The van der Waals surface area contributed by atoms with Gasteiger partial charge in [0.1, 0.15) is 5.75 Å². The van der Waals surface area contributed by atoms with Gasteiger partial charge in [-0.05, 0) is 50.9 Å². The molecule has 24 heavy (non-hydrogen) atoms. The first-order valence-electron chi connectivity index (χ1n) is 7.84. The molecule has 1 aromatic rings. The highest BCUT2D eigenvalue weighted by molar-refractivity contribution is 5.96. The van der Waals surface area contributed by atoms with Crippen LogP contribution in [0.25, 0.3) is 0 Å². The number of carbonyl (C=O) groups excluding carboxylic acids is 1. The van der Waals surface area contributed by atoms with Crippen molar-refractivity contribution in [3.05, 3.63) is 23.8 Å². The third-order valence-corrected chi connectivity index (χ3v) is 4.34. The lowest BCUT2D eigenvalue weighted by molar-refractivity contribution is -0.144. The lowest BCUT2D eigenvalue weighted by atomic mass is 9.97. The number of rotatable bonds is 5. The average Bonchev–Trinajstić information content (AvgIpc) is 2.54. The van der Waals surface area contributed by atoms with E-state index in [-0.39, 0.29) is 24.4 Å². The number of hydrogen-bond acceptors (Lipinski definition) is 4. The van der Waals surface area contributed by atoms with Gasteiger partial charge in [0, 0.05) is 6.54 Å². The summed E-state index contributed by atoms with van der Waals surface area (Å²) in [6, 6.07) is 5.21. The van der Waals surface area contributed by atoms with Gasteiger partial charge in [0.25, 0.3) is 0 Å². The number of nitrogens with one attached hydrogen (secondary N) is 1. The Morgan fingerprint density at radius 3 is 2.75 bits per heavy atom. The molecule has 134 valence electrons. The van der Waals surface area contributed by atoms with Crippen LogP contribution in [0.1, 0.15) is 25.3 Å². The van der Waals surface area contributed by atoms with Gasteiger partial charge in [-0.25, -0.2) is 0 Å². The second-order valence-corrected chi connectivity index (χ2v) is 6.04. The normalized spacial score (nSPS) is 19.0. The Balaban J connectivity index is 0.00000288. The molecule has 2 rings (SSSR count). The summed E-state index contributed by atoms with van der Waals surface area (Å²) in [5.74, 6) is -0.728. The van der Waals surface area contributed by atoms with Gasteiger partial charge < -0.3 is 15.2 Å². The molecule has 2 atom stereocenters. The Morgan fingerprint density at radius 2 is 2.12 bits per heavy atom. The van der Waals surface area contributed by atoms with E-state index in [1.165, 1.54) is 0 Å². The van der Waals surface area contributed by atoms with E-state index in [0.29, 0.717) is 24.4 Å². The number of methoxy groups -OCH3 is 1. The molecule has 1 saturated heterocycles. The molecule has 1 heterocycles. The second kappa shape index (κ2) is 8.89. The van der Waals surface area contributed by atoms with Gasteiger partial charge >= 0.3 is 5.97 Å². The molecule has 1 aliphatic heterocycles. The Hall–Kier alpha value is -1.79. The number of amides is 1. The predicted octanol–water partition coefficient (Wildman–Crippen LogP) is 2.55. The number of anilines is 1. The Morgan fingerprint density at radius 1 is 1.42 bits per heavy atom. The van der Waals surface area contributed by atoms with Crippen molar-refractivity contribution in [3.8, 4) is 5.75 Å². The van der Waals surface area contributed by atoms with Gasteiger partial charge in [0.05, 0.1) is 24.8 Å². The standard InChI is InChI=1S/C17H24N2O4.ClH/c1-11-6-7-15(23-3)14(9-11)18-16(20)12(2)19-8-4-5-13(10-19)17(21)22;/h6-7,9,12-13H,4-5,8,10H2,1-3H3,(H,18,20)(H,21,22);1H. The topological polar surface area (TPSA) is 78.9 Å². The fourth-order valence-electron chi connectivity index (χ4n) is 2.88. The van der Waals surface area contributed by atoms with E-state index in [2.05, 4.69) is 5.32 Å². The van der Waals surface area contributed by atoms with Gasteiger partial charge in [0.2, 0.25) is 5.91 Å². The van der Waals surface area contributed by atoms with Crippen molar-refractivity contribution in [1.29, 1.82) is 0 Å². The molecule has 0 radical (unpaired) electrons. The fourth-order valence-corrected chi connectivity index (χ4v) is 2.88. The monoisotopic (exact) mass is 356 g/mol. The molecular formula is C17H25ClN2O4. The van der Waals surface area contributed by atoms with E-state index >= 15 is 0 Å². The zero-order valence-electron chi connectivity index (χ0n) is 14.2. The minimum absolute atomic E-state index is 0. The minimum Gasteiger partial charge on any atom is -0.495 e. The fraction of sp³-hybridized carbons (Fsp3) is 0.529. The predicted molar refractivity (Wildman–Crippen MR) is 95.0 cm³/mol. The van der Waals surface area contributed by atoms with E-state index in [1.54, 1.807) is 7.11 Å². The Labute approximate surface area is 148 Å². The number of carbonyl (C=O) groups is 2. The first-order chi connectivity index (χ1) is 10.9. The third kappa shape index (κ3) is 4.85. The number of ether oxygens (including phenoxy) is 1. The Bertz CT molecular complexity index is 594. The zero-order chi connectivity index (χ0) is 17.0. The van der Waals surface area contributed by atoms with E-state index < -0.39 is 11.9 Å². The number of piperidine rings is 1. The minimum atomic E-state index is -0.789. The van der Waals surface area contributed by atoms with Crippen LogP contribution >= 0.6 is 12.4 Å². The van der Waals surface area contributed by atoms with Crippen molar-refractivity contribution >= 4 is 30.0 Å². The highest BCUT2D eigenvalue weighted by atomic mass is 35.5. The molecule has 0 aromatic heterocycles. The highest BCUT2D eigenvalue weighted by Gasteiger charge is 2.30. The van der Waals surface area contributed by atoms with Crippen LogP contribution in [0.5, 0.6) is 5.75 Å². The SMILES string of the molecule is COc1ccc(C)cc1NC(=O)C(C)N1CCCC(C(=O)O)C1.Cl. The number of benzene rings is 1. The zero-order valence-corrected chi connectivity index (χ0v) is 15.1. The number of carboxylic acids is 1. The number of aliphatic carboxylic acids is 1. The number of likely N-dealkylation sites (tertiary alicyclic amines) is 1. The summed E-state index contributed by atoms with van der Waals surface area (Å²) in [6.45, 7) is 4.90. The summed E-state index contributed by atoms with van der Waals surface area (Å²) in [5.41, 5.74) is 1.66. The van der Waals surface area contributed by atoms with Crippen LogP contribution in [0.2, 0.25) is 0 Å². The third-order valence-electron chi connectivity index (χ3n) is 4.34. The molecule has 0 spiro atoms. The van der Waals surface area contributed by atoms with Crippen molar-refractivity contribution in [3.63, 3.8) is 0 Å². The van der Waals surface area contributed by atoms with E-state index in [4.69, 9.17) is 9.84 Å². The molecule has 1 fully saturated rings. The molecule has 1 aliphatic rings. The number of hydrogen-bond donors (Lipinski definition) is 2. The van der Waals surface area contributed by atoms with Crippen molar-refractivity contribution in [2.24, 2.45) is 5.92 Å². The second-order valence-electron chi connectivity index (χ2n) is 6.04. The highest BCUT2D eigenvalue weighted by Crippen LogP contribution is 2.26. The molecular weight excluding hydrogens is 332 g/mol. The number of carboxylic acid groups (broad SMARTS) is 1. The molecule has 7 heteroatoms. The molecule has 2 N–H and O–H groups in total. The van der Waals surface area contributed by atoms with Crippen molar-refractivity contribution in [2.75, 3.05) is 25.5 Å². The van der Waals surface area contributed by atoms with Crippen molar-refractivity contribution in [1.82, 2.24) is 4.90 Å². The summed E-state index contributed by atoms with van der Waals surface area (Å²) in [5, 5.41) is 12.1. The maximum atomic E-state index is 12.5. The van der Waals surface area contributed by atoms with Crippen molar-refractivity contribution in [2.45, 2.75) is 32.7 Å². The maximum Gasteiger partial charge on any atom is 0.307 e. The molecule has 6 nitrogen and oxygen atoms in total. The molecule has 0 saturated carbocycles. The number of aryl methyl sites for hydroxylation is 1. The van der Waals surface area contributed by atoms with Crippen LogP contribution in [0.4, 0.5) is 5.69 Å². The van der Waals surface area contributed by atoms with Crippen LogP contribution in [0, 0.1) is 12.8 Å². The van der Waals surface area contributed by atoms with Crippen LogP contribution in [-0.2, 0) is 9.59 Å². The smallest absolute Gasteiger partial charge is 0.307 e. The first-order valence-corrected chi connectivity index (χ1v) is 7.84. The lowest BCUT2D eigenvalue weighted by Crippen LogP contribution is -2.48. The molecule has 0 bridgehead atoms. The van der Waals surface area contributed by atoms with Gasteiger partial charge in [-0.15, -0.1) is 12.4 Å². The summed E-state index contributed by atoms with van der Waals surface area (Å²) >= 11 is 0. The lowest BCUT2D eigenvalue weighted by Gasteiger charge is -2.34. The molecule has 0 aliphatic carbocycles. The van der Waals surface area contributed by atoms with Crippen molar-refractivity contribution < 1.29 is 19.4 Å². The van der Waals surface area contributed by atoms with Gasteiger partial charge in [-0.3, -0.25) is 14.5 Å². The maximum absolute atomic E-state index is 12.5. The summed E-state index contributed by atoms with van der Waals surface area (Å²) in [6.07, 6.45) is 1.47. The number of halogens is 1. The van der Waals surface area contributed by atoms with E-state index in [1.807, 2.05) is 36.9 Å². The van der Waals surface area contributed by atoms with E-state index in [0.717, 1.165) is 18.5 Å². The first kappa shape index (κ1) is 20.3. The van der Waals surface area contributed by atoms with Crippen LogP contribution in [-0.4, -0.2) is 48.1 Å². The van der Waals surface area contributed by atoms with Crippen LogP contribution in [0.15, 0.2) is 18.2 Å². The van der Waals surface area contributed by atoms with Gasteiger partial charge in [-0.1, -0.05) is 6.07 Å². The average molecular weight is 357 g/mol. The number of nitrogens with zero attached hydrogens (tertiary/aromatic N) is 1. The summed E-state index contributed by atoms with van der Waals surface area (Å²) < 4.78 is 5.27. The summed E-state index contributed by atoms with van der Waals surface area (Å²) in [4.78, 5) is 25.6. The molecule has 2 unspecified atom stereocenters. The van der Waals surface area contributed by atoms with Gasteiger partial charge in [0.15, 0.2) is 0 Å². The largest absolute Gasteiger partial charge is 0.495 e. The van der Waals surface area contributed by atoms with E-state index in [9.17, 15) is 9.59 Å². The van der Waals surface area contributed by atoms with Crippen LogP contribution in [0.3, 0.4) is 0 Å².